The highest BCUT2D eigenvalue weighted by Gasteiger charge is 2.19. The third-order valence-electron chi connectivity index (χ3n) is 4.51. The molecule has 0 saturated carbocycles. The van der Waals surface area contributed by atoms with E-state index in [0.29, 0.717) is 5.25 Å². The van der Waals surface area contributed by atoms with E-state index >= 15 is 0 Å². The second-order valence-electron chi connectivity index (χ2n) is 6.28. The number of nitrogens with zero attached hydrogens (tertiary/aromatic N) is 2. The van der Waals surface area contributed by atoms with Gasteiger partial charge in [0.05, 0.1) is 11.4 Å². The number of urea groups is 1. The molecule has 6 heteroatoms. The number of benzene rings is 1. The van der Waals surface area contributed by atoms with Crippen molar-refractivity contribution in [3.8, 4) is 0 Å². The van der Waals surface area contributed by atoms with E-state index in [1.165, 1.54) is 18.6 Å². The molecule has 23 heavy (non-hydrogen) atoms. The second kappa shape index (κ2) is 7.93. The molecular weight excluding hydrogens is 308 g/mol. The van der Waals surface area contributed by atoms with Crippen molar-refractivity contribution < 1.29 is 4.79 Å². The molecule has 5 nitrogen and oxygen atoms in total. The summed E-state index contributed by atoms with van der Waals surface area (Å²) in [5, 5.41) is 6.62. The number of likely N-dealkylation sites (N-methyl/N-ethyl adjacent to an activating group) is 1. The van der Waals surface area contributed by atoms with Gasteiger partial charge in [-0.05, 0) is 37.8 Å². The Morgan fingerprint density at radius 2 is 2.04 bits per heavy atom. The smallest absolute Gasteiger partial charge is 0.319 e. The van der Waals surface area contributed by atoms with E-state index in [2.05, 4.69) is 33.5 Å². The SMILES string of the molecule is CN1CCN(c2ccccc2NC(=O)NC[C@@H]2CCCS2)CC1. The number of para-hydroxylation sites is 2. The maximum absolute atomic E-state index is 12.2. The number of hydrogen-bond acceptors (Lipinski definition) is 4. The molecule has 0 aliphatic carbocycles. The number of anilines is 2. The predicted molar refractivity (Wildman–Crippen MR) is 98.7 cm³/mol. The predicted octanol–water partition coefficient (Wildman–Crippen LogP) is 2.46. The van der Waals surface area contributed by atoms with Gasteiger partial charge in [-0.2, -0.15) is 11.8 Å². The summed E-state index contributed by atoms with van der Waals surface area (Å²) in [6.45, 7) is 4.86. The van der Waals surface area contributed by atoms with Gasteiger partial charge >= 0.3 is 6.03 Å². The Kier molecular flexibility index (Phi) is 5.67. The molecule has 1 atom stereocenters. The molecule has 0 aromatic heterocycles. The zero-order chi connectivity index (χ0) is 16.1. The fourth-order valence-corrected chi connectivity index (χ4v) is 4.28. The maximum Gasteiger partial charge on any atom is 0.319 e. The van der Waals surface area contributed by atoms with Gasteiger partial charge in [0.25, 0.3) is 0 Å². The summed E-state index contributed by atoms with van der Waals surface area (Å²) in [6, 6.07) is 7.98. The molecule has 0 radical (unpaired) electrons. The van der Waals surface area contributed by atoms with Crippen LogP contribution in [0.5, 0.6) is 0 Å². The molecule has 0 unspecified atom stereocenters. The first-order chi connectivity index (χ1) is 11.2. The molecule has 3 rings (SSSR count). The van der Waals surface area contributed by atoms with Gasteiger partial charge in [0, 0.05) is 38.0 Å². The van der Waals surface area contributed by atoms with Crippen molar-refractivity contribution in [1.82, 2.24) is 10.2 Å². The average molecular weight is 334 g/mol. The average Bonchev–Trinajstić information content (AvgIpc) is 3.08. The standard InChI is InChI=1S/C17H26N4OS/c1-20-8-10-21(11-9-20)16-7-3-2-6-15(16)19-17(22)18-13-14-5-4-12-23-14/h2-3,6-7,14H,4-5,8-13H2,1H3,(H2,18,19,22)/t14-/m0/s1. The highest BCUT2D eigenvalue weighted by atomic mass is 32.2. The monoisotopic (exact) mass is 334 g/mol. The number of thioether (sulfide) groups is 1. The van der Waals surface area contributed by atoms with Gasteiger partial charge in [0.1, 0.15) is 0 Å². The Labute approximate surface area is 142 Å². The minimum atomic E-state index is -0.0981. The van der Waals surface area contributed by atoms with E-state index in [1.54, 1.807) is 0 Å². The summed E-state index contributed by atoms with van der Waals surface area (Å²) in [4.78, 5) is 16.9. The van der Waals surface area contributed by atoms with Crippen LogP contribution in [0.2, 0.25) is 0 Å². The Hall–Kier alpha value is -1.40. The molecule has 2 aliphatic heterocycles. The van der Waals surface area contributed by atoms with Gasteiger partial charge in [-0.25, -0.2) is 4.79 Å². The van der Waals surface area contributed by atoms with Crippen LogP contribution >= 0.6 is 11.8 Å². The molecule has 2 saturated heterocycles. The van der Waals surface area contributed by atoms with E-state index in [9.17, 15) is 4.79 Å². The number of carbonyl (C=O) groups excluding carboxylic acids is 1. The van der Waals surface area contributed by atoms with Crippen LogP contribution in [-0.2, 0) is 0 Å². The molecule has 2 heterocycles. The van der Waals surface area contributed by atoms with Crippen LogP contribution in [-0.4, -0.2) is 61.7 Å². The Morgan fingerprint density at radius 3 is 2.78 bits per heavy atom. The molecule has 126 valence electrons. The number of amides is 2. The van der Waals surface area contributed by atoms with Crippen LogP contribution in [0.25, 0.3) is 0 Å². The molecule has 2 N–H and O–H groups in total. The topological polar surface area (TPSA) is 47.6 Å². The third-order valence-corrected chi connectivity index (χ3v) is 5.91. The first-order valence-electron chi connectivity index (χ1n) is 8.41. The summed E-state index contributed by atoms with van der Waals surface area (Å²) in [6.07, 6.45) is 2.48. The van der Waals surface area contributed by atoms with Gasteiger partial charge in [-0.3, -0.25) is 0 Å². The molecule has 2 amide bonds. The summed E-state index contributed by atoms with van der Waals surface area (Å²) in [5.74, 6) is 1.22. The quantitative estimate of drug-likeness (QED) is 0.888. The van der Waals surface area contributed by atoms with Crippen LogP contribution in [0.15, 0.2) is 24.3 Å². The zero-order valence-electron chi connectivity index (χ0n) is 13.8. The van der Waals surface area contributed by atoms with Crippen molar-refractivity contribution in [1.29, 1.82) is 0 Å². The van der Waals surface area contributed by atoms with Crippen molar-refractivity contribution >= 4 is 29.2 Å². The molecular formula is C17H26N4OS. The van der Waals surface area contributed by atoms with Crippen molar-refractivity contribution in [2.24, 2.45) is 0 Å². The minimum Gasteiger partial charge on any atom is -0.367 e. The molecule has 0 spiro atoms. The lowest BCUT2D eigenvalue weighted by molar-refractivity contribution is 0.252. The minimum absolute atomic E-state index is 0.0981. The van der Waals surface area contributed by atoms with Crippen molar-refractivity contribution in [3.63, 3.8) is 0 Å². The van der Waals surface area contributed by atoms with Gasteiger partial charge in [-0.1, -0.05) is 12.1 Å². The van der Waals surface area contributed by atoms with Gasteiger partial charge in [-0.15, -0.1) is 0 Å². The first-order valence-corrected chi connectivity index (χ1v) is 9.46. The fourth-order valence-electron chi connectivity index (χ4n) is 3.08. The van der Waals surface area contributed by atoms with Crippen LogP contribution in [0, 0.1) is 0 Å². The van der Waals surface area contributed by atoms with E-state index < -0.39 is 0 Å². The second-order valence-corrected chi connectivity index (χ2v) is 7.69. The highest BCUT2D eigenvalue weighted by Crippen LogP contribution is 2.27. The molecule has 2 fully saturated rings. The normalized spacial score (nSPS) is 22.1. The molecule has 1 aromatic carbocycles. The number of piperazine rings is 1. The van der Waals surface area contributed by atoms with E-state index in [-0.39, 0.29) is 6.03 Å². The highest BCUT2D eigenvalue weighted by molar-refractivity contribution is 8.00. The lowest BCUT2D eigenvalue weighted by Crippen LogP contribution is -2.45. The third kappa shape index (κ3) is 4.54. The molecule has 2 aliphatic rings. The molecule has 1 aromatic rings. The zero-order valence-corrected chi connectivity index (χ0v) is 14.6. The van der Waals surface area contributed by atoms with Crippen LogP contribution in [0.4, 0.5) is 16.2 Å². The lowest BCUT2D eigenvalue weighted by Gasteiger charge is -2.35. The Bertz CT molecular complexity index is 525. The van der Waals surface area contributed by atoms with E-state index in [0.717, 1.165) is 44.1 Å². The lowest BCUT2D eigenvalue weighted by atomic mass is 10.2. The Morgan fingerprint density at radius 1 is 1.26 bits per heavy atom. The number of rotatable bonds is 4. The van der Waals surface area contributed by atoms with E-state index in [1.807, 2.05) is 30.0 Å². The number of hydrogen-bond donors (Lipinski definition) is 2. The van der Waals surface area contributed by atoms with Crippen molar-refractivity contribution in [3.05, 3.63) is 24.3 Å². The van der Waals surface area contributed by atoms with Crippen molar-refractivity contribution in [2.75, 3.05) is 55.7 Å². The van der Waals surface area contributed by atoms with Crippen LogP contribution < -0.4 is 15.5 Å². The van der Waals surface area contributed by atoms with Gasteiger partial charge < -0.3 is 20.4 Å². The van der Waals surface area contributed by atoms with Crippen LogP contribution in [0.1, 0.15) is 12.8 Å². The van der Waals surface area contributed by atoms with Gasteiger partial charge in [0.2, 0.25) is 0 Å². The summed E-state index contributed by atoms with van der Waals surface area (Å²) < 4.78 is 0. The number of nitrogens with one attached hydrogen (secondary N) is 2. The largest absolute Gasteiger partial charge is 0.367 e. The van der Waals surface area contributed by atoms with E-state index in [4.69, 9.17) is 0 Å². The summed E-state index contributed by atoms with van der Waals surface area (Å²) in [7, 11) is 2.15. The summed E-state index contributed by atoms with van der Waals surface area (Å²) in [5.41, 5.74) is 2.01. The first kappa shape index (κ1) is 16.5. The van der Waals surface area contributed by atoms with Crippen molar-refractivity contribution in [2.45, 2.75) is 18.1 Å². The van der Waals surface area contributed by atoms with Gasteiger partial charge in [0.15, 0.2) is 0 Å². The Balaban J connectivity index is 1.57. The summed E-state index contributed by atoms with van der Waals surface area (Å²) >= 11 is 1.96. The number of carbonyl (C=O) groups is 1. The fraction of sp³-hybridized carbons (Fsp3) is 0.588. The maximum atomic E-state index is 12.2. The van der Waals surface area contributed by atoms with Crippen LogP contribution in [0.3, 0.4) is 0 Å². The molecule has 0 bridgehead atoms.